The lowest BCUT2D eigenvalue weighted by Gasteiger charge is -2.10. The highest BCUT2D eigenvalue weighted by Gasteiger charge is 2.12. The first-order valence-corrected chi connectivity index (χ1v) is 5.14. The second-order valence-electron chi connectivity index (χ2n) is 3.50. The van der Waals surface area contributed by atoms with Crippen LogP contribution in [-0.2, 0) is 0 Å². The first kappa shape index (κ1) is 11.4. The summed E-state index contributed by atoms with van der Waals surface area (Å²) in [5.41, 5.74) is 0.770. The molecule has 0 atom stereocenters. The van der Waals surface area contributed by atoms with Crippen LogP contribution >= 0.6 is 0 Å². The van der Waals surface area contributed by atoms with Gasteiger partial charge in [0.15, 0.2) is 11.5 Å². The lowest BCUT2D eigenvalue weighted by molar-refractivity contribution is 0.355. The molecular formula is C12H14N2O3. The molecule has 1 aromatic carbocycles. The monoisotopic (exact) mass is 234 g/mol. The molecule has 1 heterocycles. The van der Waals surface area contributed by atoms with Gasteiger partial charge in [-0.25, -0.2) is 4.98 Å². The molecule has 2 rings (SSSR count). The smallest absolute Gasteiger partial charge is 0.224 e. The molecule has 0 aliphatic heterocycles. The SMILES string of the molecule is COc1cc2nc(C)nc(OC)c2cc1OC. The third-order valence-corrected chi connectivity index (χ3v) is 2.47. The average Bonchev–Trinajstić information content (AvgIpc) is 2.35. The van der Waals surface area contributed by atoms with E-state index in [0.717, 1.165) is 10.9 Å². The van der Waals surface area contributed by atoms with Crippen molar-refractivity contribution in [3.63, 3.8) is 0 Å². The number of nitrogens with zero attached hydrogens (tertiary/aromatic N) is 2. The fourth-order valence-electron chi connectivity index (χ4n) is 1.69. The number of fused-ring (bicyclic) bond motifs is 1. The molecule has 0 spiro atoms. The summed E-state index contributed by atoms with van der Waals surface area (Å²) in [6.45, 7) is 1.82. The fourth-order valence-corrected chi connectivity index (χ4v) is 1.69. The molecule has 0 saturated heterocycles. The molecule has 5 heteroatoms. The van der Waals surface area contributed by atoms with Crippen LogP contribution in [0.4, 0.5) is 0 Å². The van der Waals surface area contributed by atoms with Crippen LogP contribution in [0.5, 0.6) is 17.4 Å². The summed E-state index contributed by atoms with van der Waals surface area (Å²) in [5, 5.41) is 0.802. The Balaban J connectivity index is 2.77. The summed E-state index contributed by atoms with van der Waals surface area (Å²) < 4.78 is 15.7. The van der Waals surface area contributed by atoms with Gasteiger partial charge in [0.1, 0.15) is 5.82 Å². The summed E-state index contributed by atoms with van der Waals surface area (Å²) in [6.07, 6.45) is 0. The maximum atomic E-state index is 5.24. The van der Waals surface area contributed by atoms with E-state index in [9.17, 15) is 0 Å². The van der Waals surface area contributed by atoms with Gasteiger partial charge >= 0.3 is 0 Å². The zero-order valence-corrected chi connectivity index (χ0v) is 10.3. The Morgan fingerprint density at radius 1 is 0.882 bits per heavy atom. The van der Waals surface area contributed by atoms with Gasteiger partial charge in [-0.1, -0.05) is 0 Å². The molecule has 0 fully saturated rings. The Morgan fingerprint density at radius 2 is 1.53 bits per heavy atom. The quantitative estimate of drug-likeness (QED) is 0.812. The van der Waals surface area contributed by atoms with E-state index in [1.54, 1.807) is 21.3 Å². The Morgan fingerprint density at radius 3 is 2.12 bits per heavy atom. The number of aromatic nitrogens is 2. The molecule has 90 valence electrons. The van der Waals surface area contributed by atoms with Crippen LogP contribution in [0.25, 0.3) is 10.9 Å². The number of methoxy groups -OCH3 is 3. The highest BCUT2D eigenvalue weighted by atomic mass is 16.5. The number of rotatable bonds is 3. The third kappa shape index (κ3) is 1.95. The van der Waals surface area contributed by atoms with E-state index in [1.807, 2.05) is 19.1 Å². The van der Waals surface area contributed by atoms with E-state index in [2.05, 4.69) is 9.97 Å². The Labute approximate surface area is 99.4 Å². The highest BCUT2D eigenvalue weighted by molar-refractivity contribution is 5.87. The van der Waals surface area contributed by atoms with Crippen molar-refractivity contribution in [3.05, 3.63) is 18.0 Å². The fraction of sp³-hybridized carbons (Fsp3) is 0.333. The molecule has 0 aliphatic carbocycles. The standard InChI is InChI=1S/C12H14N2O3/c1-7-13-9-6-11(16-3)10(15-2)5-8(9)12(14-7)17-4/h5-6H,1-4H3. The summed E-state index contributed by atoms with van der Waals surface area (Å²) in [4.78, 5) is 8.56. The average molecular weight is 234 g/mol. The van der Waals surface area contributed by atoms with E-state index in [1.165, 1.54) is 0 Å². The minimum atomic E-state index is 0.536. The number of hydrogen-bond acceptors (Lipinski definition) is 5. The van der Waals surface area contributed by atoms with Gasteiger partial charge in [0, 0.05) is 6.07 Å². The van der Waals surface area contributed by atoms with Crippen LogP contribution in [0, 0.1) is 6.92 Å². The van der Waals surface area contributed by atoms with Crippen LogP contribution < -0.4 is 14.2 Å². The Bertz CT molecular complexity index is 555. The molecule has 17 heavy (non-hydrogen) atoms. The van der Waals surface area contributed by atoms with Crippen molar-refractivity contribution in [2.24, 2.45) is 0 Å². The van der Waals surface area contributed by atoms with Gasteiger partial charge in [-0.05, 0) is 13.0 Å². The largest absolute Gasteiger partial charge is 0.493 e. The number of ether oxygens (including phenoxy) is 3. The summed E-state index contributed by atoms with van der Waals surface area (Å²) in [7, 11) is 4.76. The Kier molecular flexibility index (Phi) is 2.99. The zero-order chi connectivity index (χ0) is 12.4. The highest BCUT2D eigenvalue weighted by Crippen LogP contribution is 2.34. The molecule has 0 bridgehead atoms. The lowest BCUT2D eigenvalue weighted by atomic mass is 10.2. The second-order valence-corrected chi connectivity index (χ2v) is 3.50. The normalized spacial score (nSPS) is 10.4. The van der Waals surface area contributed by atoms with E-state index < -0.39 is 0 Å². The number of benzene rings is 1. The summed E-state index contributed by atoms with van der Waals surface area (Å²) >= 11 is 0. The van der Waals surface area contributed by atoms with Gasteiger partial charge in [0.25, 0.3) is 0 Å². The van der Waals surface area contributed by atoms with Crippen molar-refractivity contribution in [1.82, 2.24) is 9.97 Å². The van der Waals surface area contributed by atoms with E-state index >= 15 is 0 Å². The van der Waals surface area contributed by atoms with Crippen molar-refractivity contribution < 1.29 is 14.2 Å². The van der Waals surface area contributed by atoms with Gasteiger partial charge < -0.3 is 14.2 Å². The van der Waals surface area contributed by atoms with Crippen molar-refractivity contribution in [3.8, 4) is 17.4 Å². The van der Waals surface area contributed by atoms with Gasteiger partial charge in [-0.15, -0.1) is 0 Å². The second kappa shape index (κ2) is 4.45. The number of aryl methyl sites for hydroxylation is 1. The minimum Gasteiger partial charge on any atom is -0.493 e. The first-order valence-electron chi connectivity index (χ1n) is 5.14. The molecule has 0 amide bonds. The lowest BCUT2D eigenvalue weighted by Crippen LogP contribution is -1.97. The Hall–Kier alpha value is -2.04. The van der Waals surface area contributed by atoms with Crippen LogP contribution in [0.1, 0.15) is 5.82 Å². The van der Waals surface area contributed by atoms with Crippen molar-refractivity contribution in [2.45, 2.75) is 6.92 Å². The van der Waals surface area contributed by atoms with E-state index in [-0.39, 0.29) is 0 Å². The van der Waals surface area contributed by atoms with Gasteiger partial charge in [0.05, 0.1) is 32.2 Å². The predicted molar refractivity (Wildman–Crippen MR) is 63.9 cm³/mol. The molecular weight excluding hydrogens is 220 g/mol. The molecule has 5 nitrogen and oxygen atoms in total. The predicted octanol–water partition coefficient (Wildman–Crippen LogP) is 1.96. The van der Waals surface area contributed by atoms with Gasteiger partial charge in [0.2, 0.25) is 5.88 Å². The van der Waals surface area contributed by atoms with Gasteiger partial charge in [-0.3, -0.25) is 0 Å². The van der Waals surface area contributed by atoms with Crippen molar-refractivity contribution in [2.75, 3.05) is 21.3 Å². The minimum absolute atomic E-state index is 0.536. The maximum Gasteiger partial charge on any atom is 0.224 e. The van der Waals surface area contributed by atoms with Crippen molar-refractivity contribution in [1.29, 1.82) is 0 Å². The molecule has 0 saturated carbocycles. The van der Waals surface area contributed by atoms with Crippen molar-refractivity contribution >= 4 is 10.9 Å². The molecule has 0 unspecified atom stereocenters. The molecule has 0 radical (unpaired) electrons. The van der Waals surface area contributed by atoms with Crippen LogP contribution in [0.3, 0.4) is 0 Å². The zero-order valence-electron chi connectivity index (χ0n) is 10.3. The summed E-state index contributed by atoms with van der Waals surface area (Å²) in [5.74, 6) is 2.46. The van der Waals surface area contributed by atoms with Crippen LogP contribution in [0.2, 0.25) is 0 Å². The molecule has 1 aromatic heterocycles. The maximum absolute atomic E-state index is 5.24. The van der Waals surface area contributed by atoms with Crippen LogP contribution in [0.15, 0.2) is 12.1 Å². The molecule has 0 N–H and O–H groups in total. The first-order chi connectivity index (χ1) is 8.19. The van der Waals surface area contributed by atoms with Crippen LogP contribution in [-0.4, -0.2) is 31.3 Å². The van der Waals surface area contributed by atoms with E-state index in [4.69, 9.17) is 14.2 Å². The number of hydrogen-bond donors (Lipinski definition) is 0. The molecule has 2 aromatic rings. The third-order valence-electron chi connectivity index (χ3n) is 2.47. The summed E-state index contributed by atoms with van der Waals surface area (Å²) in [6, 6.07) is 3.62. The van der Waals surface area contributed by atoms with E-state index in [0.29, 0.717) is 23.2 Å². The molecule has 0 aliphatic rings. The topological polar surface area (TPSA) is 53.5 Å². The van der Waals surface area contributed by atoms with Gasteiger partial charge in [-0.2, -0.15) is 4.98 Å².